The summed E-state index contributed by atoms with van der Waals surface area (Å²) >= 11 is 2.43. The fraction of sp³-hybridized carbons (Fsp3) is 0.227. The molecule has 30 heavy (non-hydrogen) atoms. The standard InChI is InChI=1S/C22H18N2O4S2/c1-12-5-4-6-13(9-12)24-16(26)10-22(20(24)27)11-29-19-18(30-21(28)23-19)17(22)14-7-2-3-8-15(14)25/h2-9,17,25H,10-11H2,1H3,(H,23,28)/t17-,22-/m0/s1. The number of carbonyl (C=O) groups is 2. The first-order chi connectivity index (χ1) is 14.4. The van der Waals surface area contributed by atoms with Crippen LogP contribution in [-0.2, 0) is 9.59 Å². The number of para-hydroxylation sites is 1. The minimum Gasteiger partial charge on any atom is -0.508 e. The molecule has 1 fully saturated rings. The fourth-order valence-corrected chi connectivity index (χ4v) is 7.01. The van der Waals surface area contributed by atoms with Crippen LogP contribution in [0.4, 0.5) is 5.69 Å². The highest BCUT2D eigenvalue weighted by atomic mass is 32.2. The Morgan fingerprint density at radius 2 is 1.93 bits per heavy atom. The number of nitrogens with one attached hydrogen (secondary N) is 1. The Morgan fingerprint density at radius 3 is 2.70 bits per heavy atom. The lowest BCUT2D eigenvalue weighted by molar-refractivity contribution is -0.125. The molecular weight excluding hydrogens is 420 g/mol. The topological polar surface area (TPSA) is 90.5 Å². The molecule has 2 aliphatic heterocycles. The second kappa shape index (κ2) is 6.85. The molecule has 1 aromatic heterocycles. The number of H-pyrrole nitrogens is 1. The van der Waals surface area contributed by atoms with E-state index >= 15 is 0 Å². The summed E-state index contributed by atoms with van der Waals surface area (Å²) < 4.78 is 0. The van der Waals surface area contributed by atoms with Crippen LogP contribution in [0.3, 0.4) is 0 Å². The Kier molecular flexibility index (Phi) is 4.37. The van der Waals surface area contributed by atoms with Crippen molar-refractivity contribution in [2.45, 2.75) is 24.3 Å². The van der Waals surface area contributed by atoms with Gasteiger partial charge >= 0.3 is 4.87 Å². The summed E-state index contributed by atoms with van der Waals surface area (Å²) in [5.74, 6) is -0.734. The molecule has 1 spiro atoms. The zero-order valence-corrected chi connectivity index (χ0v) is 17.7. The number of imide groups is 1. The molecule has 8 heteroatoms. The van der Waals surface area contributed by atoms with Gasteiger partial charge in [0.05, 0.1) is 16.1 Å². The van der Waals surface area contributed by atoms with Gasteiger partial charge < -0.3 is 10.1 Å². The molecule has 5 rings (SSSR count). The van der Waals surface area contributed by atoms with Gasteiger partial charge in [-0.05, 0) is 30.7 Å². The first-order valence-corrected chi connectivity index (χ1v) is 11.3. The van der Waals surface area contributed by atoms with Gasteiger partial charge in [0, 0.05) is 28.5 Å². The van der Waals surface area contributed by atoms with Gasteiger partial charge in [0.1, 0.15) is 5.75 Å². The van der Waals surface area contributed by atoms with Gasteiger partial charge in [-0.25, -0.2) is 4.90 Å². The molecule has 2 amide bonds. The summed E-state index contributed by atoms with van der Waals surface area (Å²) in [4.78, 5) is 43.7. The highest BCUT2D eigenvalue weighted by Gasteiger charge is 2.60. The predicted molar refractivity (Wildman–Crippen MR) is 116 cm³/mol. The van der Waals surface area contributed by atoms with E-state index < -0.39 is 11.3 Å². The lowest BCUT2D eigenvalue weighted by atomic mass is 9.70. The quantitative estimate of drug-likeness (QED) is 0.596. The third-order valence-corrected chi connectivity index (χ3v) is 8.13. The van der Waals surface area contributed by atoms with Gasteiger partial charge in [0.15, 0.2) is 0 Å². The minimum atomic E-state index is -1.07. The van der Waals surface area contributed by atoms with E-state index in [4.69, 9.17) is 0 Å². The summed E-state index contributed by atoms with van der Waals surface area (Å²) in [7, 11) is 0. The molecule has 6 nitrogen and oxygen atoms in total. The first-order valence-electron chi connectivity index (χ1n) is 9.48. The van der Waals surface area contributed by atoms with Crippen molar-refractivity contribution in [1.82, 2.24) is 4.98 Å². The van der Waals surface area contributed by atoms with E-state index in [-0.39, 0.29) is 28.9 Å². The van der Waals surface area contributed by atoms with Gasteiger partial charge in [-0.3, -0.25) is 14.4 Å². The molecule has 1 saturated heterocycles. The third kappa shape index (κ3) is 2.74. The molecule has 0 bridgehead atoms. The number of aromatic hydroxyl groups is 1. The van der Waals surface area contributed by atoms with E-state index in [1.54, 1.807) is 30.3 Å². The van der Waals surface area contributed by atoms with Crippen molar-refractivity contribution in [3.8, 4) is 5.75 Å². The molecule has 0 saturated carbocycles. The van der Waals surface area contributed by atoms with E-state index in [0.717, 1.165) is 16.9 Å². The Balaban J connectivity index is 1.70. The number of rotatable bonds is 2. The second-order valence-corrected chi connectivity index (χ2v) is 9.69. The van der Waals surface area contributed by atoms with Crippen molar-refractivity contribution in [1.29, 1.82) is 0 Å². The fourth-order valence-electron chi connectivity index (χ4n) is 4.46. The summed E-state index contributed by atoms with van der Waals surface area (Å²) in [6, 6.07) is 14.1. The summed E-state index contributed by atoms with van der Waals surface area (Å²) in [5, 5.41) is 11.3. The van der Waals surface area contributed by atoms with Gasteiger partial charge in [-0.2, -0.15) is 0 Å². The Hall–Kier alpha value is -2.84. The number of phenolic OH excluding ortho intramolecular Hbond substituents is 1. The third-order valence-electron chi connectivity index (χ3n) is 5.78. The number of hydrogen-bond acceptors (Lipinski definition) is 6. The second-order valence-electron chi connectivity index (χ2n) is 7.69. The number of anilines is 1. The van der Waals surface area contributed by atoms with Crippen molar-refractivity contribution < 1.29 is 14.7 Å². The van der Waals surface area contributed by atoms with Gasteiger partial charge in [-0.1, -0.05) is 41.7 Å². The maximum atomic E-state index is 13.8. The molecule has 152 valence electrons. The normalized spacial score (nSPS) is 23.2. The number of carbonyl (C=O) groups excluding carboxylic acids is 2. The van der Waals surface area contributed by atoms with Crippen molar-refractivity contribution in [3.05, 3.63) is 74.2 Å². The van der Waals surface area contributed by atoms with Crippen LogP contribution >= 0.6 is 23.1 Å². The van der Waals surface area contributed by atoms with E-state index in [1.807, 2.05) is 25.1 Å². The maximum absolute atomic E-state index is 13.8. The number of aromatic nitrogens is 1. The summed E-state index contributed by atoms with van der Waals surface area (Å²) in [6.45, 7) is 1.91. The molecule has 0 aliphatic carbocycles. The maximum Gasteiger partial charge on any atom is 0.305 e. The molecule has 2 atom stereocenters. The van der Waals surface area contributed by atoms with Crippen molar-refractivity contribution >= 4 is 40.6 Å². The monoisotopic (exact) mass is 438 g/mol. The molecule has 2 N–H and O–H groups in total. The van der Waals surface area contributed by atoms with Crippen LogP contribution in [0.1, 0.15) is 28.3 Å². The van der Waals surface area contributed by atoms with Crippen LogP contribution in [0, 0.1) is 12.3 Å². The molecule has 2 aliphatic rings. The van der Waals surface area contributed by atoms with E-state index in [0.29, 0.717) is 26.9 Å². The van der Waals surface area contributed by atoms with Crippen molar-refractivity contribution in [2.75, 3.05) is 10.7 Å². The SMILES string of the molecule is Cc1cccc(N2C(=O)C[C@@]3(CSc4[nH]c(=O)sc4[C@@H]3c3ccccc3O)C2=O)c1. The number of nitrogens with zero attached hydrogens (tertiary/aromatic N) is 1. The Bertz CT molecular complexity index is 1250. The lowest BCUT2D eigenvalue weighted by Crippen LogP contribution is -2.43. The van der Waals surface area contributed by atoms with Crippen LogP contribution < -0.4 is 9.77 Å². The Morgan fingerprint density at radius 1 is 1.13 bits per heavy atom. The largest absolute Gasteiger partial charge is 0.508 e. The average molecular weight is 439 g/mol. The van der Waals surface area contributed by atoms with Gasteiger partial charge in [0.2, 0.25) is 11.8 Å². The number of benzene rings is 2. The molecule has 0 unspecified atom stereocenters. The van der Waals surface area contributed by atoms with Crippen LogP contribution in [0.25, 0.3) is 0 Å². The lowest BCUT2D eigenvalue weighted by Gasteiger charge is -2.38. The highest BCUT2D eigenvalue weighted by Crippen LogP contribution is 2.58. The zero-order chi connectivity index (χ0) is 21.0. The molecule has 2 aromatic carbocycles. The zero-order valence-electron chi connectivity index (χ0n) is 16.0. The smallest absolute Gasteiger partial charge is 0.305 e. The highest BCUT2D eigenvalue weighted by molar-refractivity contribution is 7.99. The van der Waals surface area contributed by atoms with Gasteiger partial charge in [-0.15, -0.1) is 11.8 Å². The number of phenols is 1. The van der Waals surface area contributed by atoms with Gasteiger partial charge in [0.25, 0.3) is 0 Å². The number of hydrogen-bond donors (Lipinski definition) is 2. The van der Waals surface area contributed by atoms with Crippen LogP contribution in [0.15, 0.2) is 58.4 Å². The van der Waals surface area contributed by atoms with Crippen LogP contribution in [0.5, 0.6) is 5.75 Å². The van der Waals surface area contributed by atoms with Crippen LogP contribution in [0.2, 0.25) is 0 Å². The number of amides is 2. The number of thioether (sulfide) groups is 1. The number of aryl methyl sites for hydroxylation is 1. The molecule has 3 heterocycles. The number of fused-ring (bicyclic) bond motifs is 1. The Labute approximate surface area is 180 Å². The van der Waals surface area contributed by atoms with E-state index in [1.165, 1.54) is 16.7 Å². The van der Waals surface area contributed by atoms with Crippen molar-refractivity contribution in [3.63, 3.8) is 0 Å². The molecule has 0 radical (unpaired) electrons. The molecular formula is C22H18N2O4S2. The number of aromatic amines is 1. The number of thiazole rings is 1. The first kappa shape index (κ1) is 19.1. The summed E-state index contributed by atoms with van der Waals surface area (Å²) in [6.07, 6.45) is 0.0251. The summed E-state index contributed by atoms with van der Waals surface area (Å²) in [5.41, 5.74) is 0.996. The van der Waals surface area contributed by atoms with Crippen LogP contribution in [-0.4, -0.2) is 27.7 Å². The predicted octanol–water partition coefficient (Wildman–Crippen LogP) is 3.64. The molecule has 3 aromatic rings. The van der Waals surface area contributed by atoms with Crippen molar-refractivity contribution in [2.24, 2.45) is 5.41 Å². The minimum absolute atomic E-state index is 0.0251. The van der Waals surface area contributed by atoms with E-state index in [2.05, 4.69) is 4.98 Å². The average Bonchev–Trinajstić information content (AvgIpc) is 3.19. The van der Waals surface area contributed by atoms with E-state index in [9.17, 15) is 19.5 Å².